The minimum absolute atomic E-state index is 0.107. The number of Topliss-reactive ketones (excluding diaryl/α,β-unsaturated/α-hetero) is 1. The summed E-state index contributed by atoms with van der Waals surface area (Å²) in [6.07, 6.45) is 8.16. The van der Waals surface area contributed by atoms with E-state index in [1.807, 2.05) is 43.3 Å². The monoisotopic (exact) mass is 471 g/mol. The Bertz CT molecular complexity index is 1240. The maximum absolute atomic E-state index is 13.0. The molecule has 1 aliphatic carbocycles. The highest BCUT2D eigenvalue weighted by molar-refractivity contribution is 7.99. The topological polar surface area (TPSA) is 60.9 Å². The van der Waals surface area contributed by atoms with Crippen molar-refractivity contribution in [1.29, 1.82) is 0 Å². The van der Waals surface area contributed by atoms with Gasteiger partial charge in [-0.25, -0.2) is 0 Å². The Kier molecular flexibility index (Phi) is 6.95. The number of hydrogen-bond acceptors (Lipinski definition) is 5. The molecule has 6 heteroatoms. The Hall–Kier alpha value is -3.12. The molecule has 0 saturated heterocycles. The van der Waals surface area contributed by atoms with E-state index in [4.69, 9.17) is 4.42 Å². The normalized spacial score (nSPS) is 14.4. The molecule has 0 radical (unpaired) electrons. The first-order valence-electron chi connectivity index (χ1n) is 12.0. The Morgan fingerprint density at radius 2 is 1.76 bits per heavy atom. The van der Waals surface area contributed by atoms with E-state index >= 15 is 0 Å². The number of nitrogens with zero attached hydrogens (tertiary/aromatic N) is 3. The zero-order valence-corrected chi connectivity index (χ0v) is 20.3. The molecule has 1 fully saturated rings. The molecular weight excluding hydrogens is 442 g/mol. The van der Waals surface area contributed by atoms with Gasteiger partial charge in [0.2, 0.25) is 0 Å². The number of carbonyl (C=O) groups excluding carboxylic acids is 1. The highest BCUT2D eigenvalue weighted by Crippen LogP contribution is 2.33. The van der Waals surface area contributed by atoms with Crippen LogP contribution in [0.4, 0.5) is 0 Å². The quantitative estimate of drug-likeness (QED) is 0.206. The summed E-state index contributed by atoms with van der Waals surface area (Å²) >= 11 is 1.43. The molecule has 4 aromatic rings. The highest BCUT2D eigenvalue weighted by atomic mass is 32.2. The van der Waals surface area contributed by atoms with Crippen molar-refractivity contribution in [2.75, 3.05) is 5.75 Å². The predicted molar refractivity (Wildman–Crippen MR) is 135 cm³/mol. The largest absolute Gasteiger partial charge is 0.469 e. The van der Waals surface area contributed by atoms with Crippen LogP contribution in [0.1, 0.15) is 65.3 Å². The van der Waals surface area contributed by atoms with Gasteiger partial charge >= 0.3 is 0 Å². The van der Waals surface area contributed by atoms with Crippen LogP contribution >= 0.6 is 11.8 Å². The summed E-state index contributed by atoms with van der Waals surface area (Å²) < 4.78 is 7.57. The van der Waals surface area contributed by atoms with Crippen LogP contribution in [0.15, 0.2) is 76.5 Å². The maximum atomic E-state index is 13.0. The van der Waals surface area contributed by atoms with Gasteiger partial charge in [-0.2, -0.15) is 0 Å². The molecular formula is C28H29N3O2S. The third-order valence-corrected chi connectivity index (χ3v) is 7.61. The zero-order chi connectivity index (χ0) is 23.3. The van der Waals surface area contributed by atoms with Gasteiger partial charge in [0.15, 0.2) is 16.8 Å². The van der Waals surface area contributed by atoms with Gasteiger partial charge < -0.3 is 4.42 Å². The SMILES string of the molecule is Cc1occc1-c1nnc(SCC(=O)c2ccc(C3CCCCC3)cc2)n1Cc1ccccc1. The molecule has 34 heavy (non-hydrogen) atoms. The minimum atomic E-state index is 0.107. The summed E-state index contributed by atoms with van der Waals surface area (Å²) in [7, 11) is 0. The Morgan fingerprint density at radius 1 is 1.00 bits per heavy atom. The maximum Gasteiger partial charge on any atom is 0.192 e. The molecule has 0 aliphatic heterocycles. The zero-order valence-electron chi connectivity index (χ0n) is 19.4. The van der Waals surface area contributed by atoms with E-state index < -0.39 is 0 Å². The van der Waals surface area contributed by atoms with Gasteiger partial charge in [-0.15, -0.1) is 10.2 Å². The van der Waals surface area contributed by atoms with Crippen molar-refractivity contribution in [2.24, 2.45) is 0 Å². The van der Waals surface area contributed by atoms with E-state index in [0.717, 1.165) is 33.4 Å². The van der Waals surface area contributed by atoms with Gasteiger partial charge in [0.05, 0.1) is 24.1 Å². The highest BCUT2D eigenvalue weighted by Gasteiger charge is 2.20. The summed E-state index contributed by atoms with van der Waals surface area (Å²) in [5.41, 5.74) is 4.19. The number of ketones is 1. The summed E-state index contributed by atoms with van der Waals surface area (Å²) in [5.74, 6) is 2.62. The van der Waals surface area contributed by atoms with Crippen molar-refractivity contribution < 1.29 is 9.21 Å². The summed E-state index contributed by atoms with van der Waals surface area (Å²) in [6, 6.07) is 20.4. The van der Waals surface area contributed by atoms with Crippen LogP contribution < -0.4 is 0 Å². The van der Waals surface area contributed by atoms with E-state index in [1.165, 1.54) is 49.4 Å². The molecule has 0 atom stereocenters. The van der Waals surface area contributed by atoms with Crippen molar-refractivity contribution in [3.05, 3.63) is 89.4 Å². The van der Waals surface area contributed by atoms with Crippen molar-refractivity contribution in [1.82, 2.24) is 14.8 Å². The number of benzene rings is 2. The molecule has 0 amide bonds. The minimum Gasteiger partial charge on any atom is -0.469 e. The van der Waals surface area contributed by atoms with Crippen molar-refractivity contribution in [3.63, 3.8) is 0 Å². The fraction of sp³-hybridized carbons (Fsp3) is 0.321. The van der Waals surface area contributed by atoms with Gasteiger partial charge in [0, 0.05) is 5.56 Å². The predicted octanol–water partition coefficient (Wildman–Crippen LogP) is 6.92. The molecule has 174 valence electrons. The molecule has 2 heterocycles. The van der Waals surface area contributed by atoms with Gasteiger partial charge in [-0.3, -0.25) is 9.36 Å². The summed E-state index contributed by atoms with van der Waals surface area (Å²) in [6.45, 7) is 2.55. The molecule has 5 nitrogen and oxygen atoms in total. The number of thioether (sulfide) groups is 1. The van der Waals surface area contributed by atoms with E-state index in [9.17, 15) is 4.79 Å². The second-order valence-electron chi connectivity index (χ2n) is 8.94. The second-order valence-corrected chi connectivity index (χ2v) is 9.88. The number of furan rings is 1. The number of hydrogen-bond donors (Lipinski definition) is 0. The lowest BCUT2D eigenvalue weighted by Gasteiger charge is -2.22. The van der Waals surface area contributed by atoms with Crippen LogP contribution in [0.2, 0.25) is 0 Å². The first-order chi connectivity index (χ1) is 16.7. The van der Waals surface area contributed by atoms with Crippen molar-refractivity contribution >= 4 is 17.5 Å². The Morgan fingerprint density at radius 3 is 2.47 bits per heavy atom. The molecule has 0 unspecified atom stereocenters. The molecule has 0 bridgehead atoms. The molecule has 5 rings (SSSR count). The number of rotatable bonds is 8. The molecule has 0 spiro atoms. The number of carbonyl (C=O) groups is 1. The molecule has 1 aliphatic rings. The Labute approximate surface area is 204 Å². The van der Waals surface area contributed by atoms with E-state index in [1.54, 1.807) is 6.26 Å². The second kappa shape index (κ2) is 10.4. The van der Waals surface area contributed by atoms with E-state index in [-0.39, 0.29) is 5.78 Å². The first kappa shape index (κ1) is 22.7. The van der Waals surface area contributed by atoms with Crippen LogP contribution in [0.5, 0.6) is 0 Å². The lowest BCUT2D eigenvalue weighted by atomic mass is 9.84. The average molecular weight is 472 g/mol. The molecule has 0 N–H and O–H groups in total. The van der Waals surface area contributed by atoms with Gasteiger partial charge in [0.1, 0.15) is 5.76 Å². The van der Waals surface area contributed by atoms with Gasteiger partial charge in [-0.05, 0) is 42.9 Å². The van der Waals surface area contributed by atoms with Crippen molar-refractivity contribution in [3.8, 4) is 11.4 Å². The Balaban J connectivity index is 1.32. The number of aromatic nitrogens is 3. The number of aryl methyl sites for hydroxylation is 1. The van der Waals surface area contributed by atoms with Crippen LogP contribution in [-0.2, 0) is 6.54 Å². The lowest BCUT2D eigenvalue weighted by Crippen LogP contribution is -2.08. The third kappa shape index (κ3) is 5.02. The average Bonchev–Trinajstić information content (AvgIpc) is 3.49. The van der Waals surface area contributed by atoms with Crippen LogP contribution in [0, 0.1) is 6.92 Å². The van der Waals surface area contributed by atoms with Gasteiger partial charge in [-0.1, -0.05) is 85.6 Å². The van der Waals surface area contributed by atoms with Crippen LogP contribution in [0.25, 0.3) is 11.4 Å². The van der Waals surface area contributed by atoms with Crippen LogP contribution in [0.3, 0.4) is 0 Å². The standard InChI is InChI=1S/C28H29N3O2S/c1-20-25(16-17-33-20)27-29-30-28(31(27)18-21-8-4-2-5-9-21)34-19-26(32)24-14-12-23(13-15-24)22-10-6-3-7-11-22/h2,4-5,8-9,12-17,22H,3,6-7,10-11,18-19H2,1H3. The van der Waals surface area contributed by atoms with E-state index in [2.05, 4.69) is 39.0 Å². The third-order valence-electron chi connectivity index (χ3n) is 6.64. The molecule has 2 aromatic heterocycles. The van der Waals surface area contributed by atoms with Crippen molar-refractivity contribution in [2.45, 2.75) is 56.6 Å². The molecule has 2 aromatic carbocycles. The molecule has 1 saturated carbocycles. The summed E-state index contributed by atoms with van der Waals surface area (Å²) in [5, 5.41) is 9.61. The lowest BCUT2D eigenvalue weighted by molar-refractivity contribution is 0.102. The first-order valence-corrected chi connectivity index (χ1v) is 12.9. The van der Waals surface area contributed by atoms with E-state index in [0.29, 0.717) is 18.2 Å². The fourth-order valence-electron chi connectivity index (χ4n) is 4.71. The smallest absolute Gasteiger partial charge is 0.192 e. The summed E-state index contributed by atoms with van der Waals surface area (Å²) in [4.78, 5) is 13.0. The van der Waals surface area contributed by atoms with Crippen LogP contribution in [-0.4, -0.2) is 26.3 Å². The van der Waals surface area contributed by atoms with Gasteiger partial charge in [0.25, 0.3) is 0 Å². The fourth-order valence-corrected chi connectivity index (χ4v) is 5.54.